The van der Waals surface area contributed by atoms with Crippen LogP contribution in [0.3, 0.4) is 0 Å². The van der Waals surface area contributed by atoms with E-state index in [1.807, 2.05) is 0 Å². The van der Waals surface area contributed by atoms with Gasteiger partial charge in [0, 0.05) is 27.9 Å². The summed E-state index contributed by atoms with van der Waals surface area (Å²) in [5, 5.41) is 2.53. The van der Waals surface area contributed by atoms with Crippen LogP contribution < -0.4 is 4.90 Å². The first kappa shape index (κ1) is 27.9. The lowest BCUT2D eigenvalue weighted by molar-refractivity contribution is 0.660. The Morgan fingerprint density at radius 2 is 0.851 bits per heavy atom. The molecule has 47 heavy (non-hydrogen) atoms. The van der Waals surface area contributed by atoms with Crippen molar-refractivity contribution in [1.29, 1.82) is 0 Å². The maximum atomic E-state index is 2.44. The van der Waals surface area contributed by atoms with E-state index in [4.69, 9.17) is 0 Å². The van der Waals surface area contributed by atoms with Crippen LogP contribution in [0.15, 0.2) is 152 Å². The fourth-order valence-electron chi connectivity index (χ4n) is 8.30. The summed E-state index contributed by atoms with van der Waals surface area (Å²) in [6, 6.07) is 56.4. The third-order valence-electron chi connectivity index (χ3n) is 10.9. The molecule has 0 amide bonds. The molecule has 2 aliphatic carbocycles. The topological polar surface area (TPSA) is 3.24 Å². The zero-order valence-electron chi connectivity index (χ0n) is 27.4. The van der Waals surface area contributed by atoms with E-state index in [9.17, 15) is 0 Å². The van der Waals surface area contributed by atoms with E-state index in [0.29, 0.717) is 0 Å². The Morgan fingerprint density at radius 3 is 1.60 bits per heavy atom. The van der Waals surface area contributed by atoms with Crippen molar-refractivity contribution in [3.05, 3.63) is 174 Å². The summed E-state index contributed by atoms with van der Waals surface area (Å²) >= 11 is 0. The molecule has 1 heteroatoms. The average molecular weight is 604 g/mol. The lowest BCUT2D eigenvalue weighted by Crippen LogP contribution is -2.17. The van der Waals surface area contributed by atoms with Gasteiger partial charge in [-0.05, 0) is 109 Å². The van der Waals surface area contributed by atoms with Gasteiger partial charge in [0.2, 0.25) is 0 Å². The second-order valence-corrected chi connectivity index (χ2v) is 14.2. The fraction of sp³-hybridized carbons (Fsp3) is 0.130. The molecular weight excluding hydrogens is 567 g/mol. The molecule has 0 aliphatic heterocycles. The van der Waals surface area contributed by atoms with Gasteiger partial charge in [0.15, 0.2) is 0 Å². The quantitative estimate of drug-likeness (QED) is 0.193. The van der Waals surface area contributed by atoms with E-state index in [1.165, 1.54) is 77.8 Å². The van der Waals surface area contributed by atoms with Crippen molar-refractivity contribution >= 4 is 27.8 Å². The summed E-state index contributed by atoms with van der Waals surface area (Å²) in [7, 11) is 0. The molecule has 0 saturated carbocycles. The molecule has 7 aromatic rings. The van der Waals surface area contributed by atoms with E-state index >= 15 is 0 Å². The van der Waals surface area contributed by atoms with Crippen LogP contribution in [-0.2, 0) is 10.8 Å². The van der Waals surface area contributed by atoms with Crippen LogP contribution in [0.2, 0.25) is 0 Å². The molecule has 0 N–H and O–H groups in total. The molecular formula is C46H37N. The normalized spacial score (nSPS) is 14.7. The van der Waals surface area contributed by atoms with Crippen molar-refractivity contribution in [2.45, 2.75) is 38.5 Å². The molecule has 226 valence electrons. The van der Waals surface area contributed by atoms with E-state index < -0.39 is 0 Å². The molecule has 9 rings (SSSR count). The molecule has 0 unspecified atom stereocenters. The second kappa shape index (κ2) is 10.0. The Balaban J connectivity index is 1.20. The minimum absolute atomic E-state index is 0.0276. The van der Waals surface area contributed by atoms with Crippen molar-refractivity contribution < 1.29 is 0 Å². The molecule has 0 spiro atoms. The second-order valence-electron chi connectivity index (χ2n) is 14.2. The molecule has 1 nitrogen and oxygen atoms in total. The summed E-state index contributed by atoms with van der Waals surface area (Å²) in [4.78, 5) is 2.44. The maximum Gasteiger partial charge on any atom is 0.0468 e. The lowest BCUT2D eigenvalue weighted by Gasteiger charge is -2.29. The van der Waals surface area contributed by atoms with Crippen LogP contribution in [0.5, 0.6) is 0 Å². The molecule has 0 heterocycles. The Hall–Kier alpha value is -5.40. The Bertz CT molecular complexity index is 2360. The predicted octanol–water partition coefficient (Wildman–Crippen LogP) is 12.6. The van der Waals surface area contributed by atoms with Crippen molar-refractivity contribution in [3.8, 4) is 33.4 Å². The number of fused-ring (bicyclic) bond motifs is 7. The highest BCUT2D eigenvalue weighted by Crippen LogP contribution is 2.53. The summed E-state index contributed by atoms with van der Waals surface area (Å²) in [5.74, 6) is 0. The zero-order chi connectivity index (χ0) is 31.9. The van der Waals surface area contributed by atoms with Gasteiger partial charge in [-0.1, -0.05) is 137 Å². The van der Waals surface area contributed by atoms with Gasteiger partial charge in [-0.3, -0.25) is 0 Å². The highest BCUT2D eigenvalue weighted by molar-refractivity contribution is 5.90. The number of nitrogens with zero attached hydrogens (tertiary/aromatic N) is 1. The van der Waals surface area contributed by atoms with Crippen LogP contribution >= 0.6 is 0 Å². The Labute approximate surface area is 277 Å². The van der Waals surface area contributed by atoms with Gasteiger partial charge in [0.1, 0.15) is 0 Å². The van der Waals surface area contributed by atoms with Crippen LogP contribution in [0, 0.1) is 0 Å². The van der Waals surface area contributed by atoms with E-state index in [1.54, 1.807) is 0 Å². The van der Waals surface area contributed by atoms with Crippen LogP contribution in [-0.4, -0.2) is 0 Å². The van der Waals surface area contributed by atoms with Crippen LogP contribution in [0.4, 0.5) is 17.1 Å². The van der Waals surface area contributed by atoms with Gasteiger partial charge in [-0.15, -0.1) is 0 Å². The summed E-state index contributed by atoms with van der Waals surface area (Å²) in [6.45, 7) is 9.42. The zero-order valence-corrected chi connectivity index (χ0v) is 27.4. The molecule has 0 radical (unpaired) electrons. The number of hydrogen-bond acceptors (Lipinski definition) is 1. The highest BCUT2D eigenvalue weighted by atomic mass is 15.1. The number of anilines is 3. The first-order valence-electron chi connectivity index (χ1n) is 16.7. The van der Waals surface area contributed by atoms with Gasteiger partial charge in [0.25, 0.3) is 0 Å². The highest BCUT2D eigenvalue weighted by Gasteiger charge is 2.37. The monoisotopic (exact) mass is 603 g/mol. The van der Waals surface area contributed by atoms with Crippen molar-refractivity contribution in [2.24, 2.45) is 0 Å². The maximum absolute atomic E-state index is 2.44. The molecule has 0 aromatic heterocycles. The predicted molar refractivity (Wildman–Crippen MR) is 199 cm³/mol. The van der Waals surface area contributed by atoms with E-state index in [2.05, 4.69) is 184 Å². The molecule has 0 bridgehead atoms. The third kappa shape index (κ3) is 4.16. The minimum Gasteiger partial charge on any atom is -0.310 e. The van der Waals surface area contributed by atoms with Crippen LogP contribution in [0.1, 0.15) is 49.9 Å². The van der Waals surface area contributed by atoms with Gasteiger partial charge >= 0.3 is 0 Å². The Morgan fingerprint density at radius 1 is 0.340 bits per heavy atom. The summed E-state index contributed by atoms with van der Waals surface area (Å²) in [5.41, 5.74) is 16.8. The Kier molecular flexibility index (Phi) is 5.96. The molecule has 0 saturated heterocycles. The van der Waals surface area contributed by atoms with Crippen LogP contribution in [0.25, 0.3) is 44.2 Å². The average Bonchev–Trinajstić information content (AvgIpc) is 3.48. The van der Waals surface area contributed by atoms with Gasteiger partial charge in [0.05, 0.1) is 0 Å². The molecule has 7 aromatic carbocycles. The van der Waals surface area contributed by atoms with Gasteiger partial charge in [-0.25, -0.2) is 0 Å². The molecule has 2 aliphatic rings. The fourth-order valence-corrected chi connectivity index (χ4v) is 8.30. The van der Waals surface area contributed by atoms with E-state index in [-0.39, 0.29) is 10.8 Å². The standard InChI is InChI=1S/C46H37N/c1-45(2)42-16-10-8-14-38(42)40-28-35(24-26-43(40)45)47(36-23-25-39-37-13-7-9-15-41(37)46(3,4)44(39)29-36)34-21-19-31(20-22-34)33-18-17-30-11-5-6-12-32(30)27-33/h5-29H,1-4H3. The largest absolute Gasteiger partial charge is 0.310 e. The van der Waals surface area contributed by atoms with Gasteiger partial charge in [-0.2, -0.15) is 0 Å². The first-order chi connectivity index (χ1) is 22.8. The van der Waals surface area contributed by atoms with Crippen molar-refractivity contribution in [2.75, 3.05) is 4.90 Å². The number of hydrogen-bond donors (Lipinski definition) is 0. The number of benzene rings is 7. The van der Waals surface area contributed by atoms with Crippen molar-refractivity contribution in [1.82, 2.24) is 0 Å². The minimum atomic E-state index is -0.0750. The number of rotatable bonds is 4. The van der Waals surface area contributed by atoms with E-state index in [0.717, 1.165) is 5.69 Å². The van der Waals surface area contributed by atoms with Crippen molar-refractivity contribution in [3.63, 3.8) is 0 Å². The summed E-state index contributed by atoms with van der Waals surface area (Å²) in [6.07, 6.45) is 0. The first-order valence-corrected chi connectivity index (χ1v) is 16.7. The SMILES string of the molecule is CC1(C)c2ccccc2-c2cc(N(c3ccc(-c4ccc5ccccc5c4)cc3)c3ccc4c(c3)C(C)(C)c3ccccc3-4)ccc21. The molecule has 0 fully saturated rings. The lowest BCUT2D eigenvalue weighted by atomic mass is 9.82. The third-order valence-corrected chi connectivity index (χ3v) is 10.9. The summed E-state index contributed by atoms with van der Waals surface area (Å²) < 4.78 is 0. The van der Waals surface area contributed by atoms with Gasteiger partial charge < -0.3 is 4.90 Å². The smallest absolute Gasteiger partial charge is 0.0468 e. The molecule has 0 atom stereocenters.